The second-order valence-electron chi connectivity index (χ2n) is 18.3. The minimum atomic E-state index is -0.233. The molecule has 82 heavy (non-hydrogen) atoms. The third-order valence-corrected chi connectivity index (χ3v) is 13.6. The molecule has 10 heterocycles. The van der Waals surface area contributed by atoms with Crippen molar-refractivity contribution in [2.45, 2.75) is 6.54 Å². The molecule has 0 radical (unpaired) electrons. The van der Waals surface area contributed by atoms with E-state index in [2.05, 4.69) is 39.9 Å². The van der Waals surface area contributed by atoms with Crippen LogP contribution < -0.4 is 11.1 Å². The second kappa shape index (κ2) is 24.1. The Hall–Kier alpha value is -10.1. The van der Waals surface area contributed by atoms with Gasteiger partial charge in [0.2, 0.25) is 0 Å². The lowest BCUT2D eigenvalue weighted by Crippen LogP contribution is -2.16. The summed E-state index contributed by atoms with van der Waals surface area (Å²) in [5.41, 5.74) is 6.14. The first-order chi connectivity index (χ1) is 39.7. The van der Waals surface area contributed by atoms with E-state index in [1.54, 1.807) is 98.0 Å². The first-order valence-electron chi connectivity index (χ1n) is 24.8. The molecule has 0 atom stereocenters. The van der Waals surface area contributed by atoms with Gasteiger partial charge in [-0.05, 0) is 129 Å². The van der Waals surface area contributed by atoms with Crippen LogP contribution in [-0.2, 0) is 6.54 Å². The van der Waals surface area contributed by atoms with Crippen molar-refractivity contribution in [2.24, 2.45) is 0 Å². The summed E-state index contributed by atoms with van der Waals surface area (Å²) in [6.45, 7) is 0.702. The number of hydrogen-bond donors (Lipinski definition) is 5. The molecule has 0 saturated heterocycles. The lowest BCUT2D eigenvalue weighted by atomic mass is 10.1. The first kappa shape index (κ1) is 55.2. The molecule has 14 aromatic rings. The van der Waals surface area contributed by atoms with E-state index in [0.29, 0.717) is 43.7 Å². The van der Waals surface area contributed by atoms with Crippen LogP contribution in [-0.4, -0.2) is 93.2 Å². The molecule has 0 saturated carbocycles. The Morgan fingerprint density at radius 2 is 0.976 bits per heavy atom. The molecule has 0 spiro atoms. The zero-order valence-electron chi connectivity index (χ0n) is 43.2. The van der Waals surface area contributed by atoms with Gasteiger partial charge in [-0.15, -0.1) is 0 Å². The topological polar surface area (TPSA) is 250 Å². The van der Waals surface area contributed by atoms with Crippen molar-refractivity contribution in [3.8, 4) is 39.9 Å². The molecule has 21 heteroatoms. The normalized spacial score (nSPS) is 11.0. The van der Waals surface area contributed by atoms with E-state index in [0.717, 1.165) is 60.1 Å². The molecule has 18 nitrogen and oxygen atoms in total. The maximum Gasteiger partial charge on any atom is 0.265 e. The van der Waals surface area contributed by atoms with Gasteiger partial charge in [0.15, 0.2) is 34.3 Å². The van der Waals surface area contributed by atoms with Gasteiger partial charge in [0.1, 0.15) is 22.3 Å². The van der Waals surface area contributed by atoms with Crippen LogP contribution in [0, 0.1) is 0 Å². The summed E-state index contributed by atoms with van der Waals surface area (Å²) >= 11 is 18.1. The van der Waals surface area contributed by atoms with Crippen LogP contribution in [0.5, 0.6) is 28.7 Å². The molecule has 0 aliphatic rings. The Morgan fingerprint density at radius 1 is 0.463 bits per heavy atom. The number of pyridine rings is 8. The molecule has 0 aliphatic heterocycles. The molecular weight excluding hydrogens is 1110 g/mol. The fourth-order valence-corrected chi connectivity index (χ4v) is 9.48. The summed E-state index contributed by atoms with van der Waals surface area (Å²) < 4.78 is 2.61. The number of aromatic hydroxyl groups is 5. The predicted octanol–water partition coefficient (Wildman–Crippen LogP) is 12.0. The molecule has 0 fully saturated rings. The van der Waals surface area contributed by atoms with E-state index in [4.69, 9.17) is 34.8 Å². The fraction of sp³-hybridized carbons (Fsp3) is 0.0492. The average Bonchev–Trinajstić information content (AvgIpc) is 3.67. The van der Waals surface area contributed by atoms with Gasteiger partial charge in [-0.3, -0.25) is 43.3 Å². The first-order valence-corrected chi connectivity index (χ1v) is 25.9. The third-order valence-electron chi connectivity index (χ3n) is 12.6. The average molecular weight is 1150 g/mol. The van der Waals surface area contributed by atoms with Gasteiger partial charge >= 0.3 is 0 Å². The Morgan fingerprint density at radius 3 is 1.59 bits per heavy atom. The smallest absolute Gasteiger partial charge is 0.265 e. The third kappa shape index (κ3) is 11.4. The number of phenols is 3. The van der Waals surface area contributed by atoms with Crippen LogP contribution in [0.25, 0.3) is 87.8 Å². The largest absolute Gasteiger partial charge is 0.506 e. The zero-order valence-corrected chi connectivity index (χ0v) is 45.5. The summed E-state index contributed by atoms with van der Waals surface area (Å²) in [6.07, 6.45) is 14.4. The Bertz CT molecular complexity index is 4780. The molecule has 10 aromatic heterocycles. The van der Waals surface area contributed by atoms with E-state index in [9.17, 15) is 35.1 Å². The summed E-state index contributed by atoms with van der Waals surface area (Å²) in [4.78, 5) is 59.2. The standard InChI is InChI=1S/C15H14ClN3O.C14H9ClN2O2.C12H7ClN2O.C12H8N2O.C8H6N2O2/c1-19(2)8-9-5-6-11-13-10(4-3-7-17-13)12(16)15(20)14(11)18-9;15-10-5-3-9(4-6-10)11-8-16-13-12(18)2-1-7-17(13)14(11)19;13-9-7-3-1-5-14-10(7)8-4-2-6-15-11(8)12(9)16;15-10-7-8-3-1-5-13-11(8)9-4-2-6-14-12(9)10;11-6-2-1-5-10-7(12)3-4-9-8(6)10/h3-7,20H,8H2,1-2H3;1-8,18H;1-6,16H;1-7,15H;1-5,11H. The predicted molar refractivity (Wildman–Crippen MR) is 320 cm³/mol. The molecule has 14 rings (SSSR count). The van der Waals surface area contributed by atoms with E-state index in [-0.39, 0.29) is 51.2 Å². The highest BCUT2D eigenvalue weighted by atomic mass is 35.5. The van der Waals surface area contributed by atoms with Crippen LogP contribution in [0.15, 0.2) is 199 Å². The van der Waals surface area contributed by atoms with E-state index >= 15 is 0 Å². The van der Waals surface area contributed by atoms with Crippen LogP contribution >= 0.6 is 34.8 Å². The Labute approximate surface area is 479 Å². The molecule has 0 aliphatic carbocycles. The highest BCUT2D eigenvalue weighted by Gasteiger charge is 2.16. The molecule has 0 bridgehead atoms. The number of nitrogens with zero attached hydrogens (tertiary/aromatic N) is 11. The minimum absolute atomic E-state index is 0.00944. The molecule has 4 aromatic carbocycles. The number of hydrogen-bond acceptors (Lipinski definition) is 16. The van der Waals surface area contributed by atoms with Gasteiger partial charge in [-0.1, -0.05) is 53.0 Å². The lowest BCUT2D eigenvalue weighted by molar-refractivity contribution is 0.397. The summed E-state index contributed by atoms with van der Waals surface area (Å²) in [5, 5.41) is 55.0. The molecule has 0 amide bonds. The number of halogens is 3. The van der Waals surface area contributed by atoms with Crippen molar-refractivity contribution in [1.29, 1.82) is 0 Å². The maximum atomic E-state index is 12.3. The maximum absolute atomic E-state index is 12.3. The molecular formula is C61H44Cl3N11O7. The molecule has 406 valence electrons. The zero-order chi connectivity index (χ0) is 57.6. The Kier molecular flexibility index (Phi) is 16.2. The van der Waals surface area contributed by atoms with Gasteiger partial charge in [-0.25, -0.2) is 15.0 Å². The SMILES string of the molecule is CN(C)Cc1ccc2c(n1)c(O)c(Cl)c1cccnc12.O=c1c(-c2ccc(Cl)cc2)cnc2c(O)cccn12.O=c1ccnc2c(O)cccn12.Oc1c(Cl)c2cccnc2c2cccnc12.Oc1cc2cccnc2c2cccnc12. The van der Waals surface area contributed by atoms with Crippen LogP contribution in [0.2, 0.25) is 15.1 Å². The van der Waals surface area contributed by atoms with Crippen molar-refractivity contribution in [2.75, 3.05) is 14.1 Å². The molecule has 5 N–H and O–H groups in total. The quantitative estimate of drug-likeness (QED) is 0.103. The number of phenolic OH excluding ortho intramolecular Hbond substituents is 3. The van der Waals surface area contributed by atoms with Crippen molar-refractivity contribution < 1.29 is 25.5 Å². The van der Waals surface area contributed by atoms with E-state index in [1.165, 1.54) is 39.4 Å². The van der Waals surface area contributed by atoms with Crippen molar-refractivity contribution >= 4 is 112 Å². The summed E-state index contributed by atoms with van der Waals surface area (Å²) in [5.74, 6) is 0.212. The number of fused-ring (bicyclic) bond motifs is 11. The van der Waals surface area contributed by atoms with Crippen LogP contribution in [0.4, 0.5) is 0 Å². The highest BCUT2D eigenvalue weighted by Crippen LogP contribution is 2.40. The number of rotatable bonds is 3. The summed E-state index contributed by atoms with van der Waals surface area (Å²) in [7, 11) is 3.95. The van der Waals surface area contributed by atoms with Crippen molar-refractivity contribution in [3.05, 3.63) is 231 Å². The number of benzene rings is 4. The number of aromatic nitrogens is 10. The lowest BCUT2D eigenvalue weighted by Gasteiger charge is -2.12. The van der Waals surface area contributed by atoms with Gasteiger partial charge < -0.3 is 30.4 Å². The van der Waals surface area contributed by atoms with Crippen molar-refractivity contribution in [1.82, 2.24) is 53.6 Å². The van der Waals surface area contributed by atoms with Gasteiger partial charge in [0.05, 0.1) is 37.9 Å². The highest BCUT2D eigenvalue weighted by molar-refractivity contribution is 6.39. The van der Waals surface area contributed by atoms with Gasteiger partial charge in [-0.2, -0.15) is 0 Å². The minimum Gasteiger partial charge on any atom is -0.506 e. The fourth-order valence-electron chi connectivity index (χ4n) is 8.87. The Balaban J connectivity index is 0.000000116. The van der Waals surface area contributed by atoms with Crippen molar-refractivity contribution in [3.63, 3.8) is 0 Å². The van der Waals surface area contributed by atoms with E-state index in [1.807, 2.05) is 79.7 Å². The summed E-state index contributed by atoms with van der Waals surface area (Å²) in [6, 6.07) is 38.5. The van der Waals surface area contributed by atoms with Crippen LogP contribution in [0.1, 0.15) is 5.69 Å². The van der Waals surface area contributed by atoms with Gasteiger partial charge in [0.25, 0.3) is 11.1 Å². The monoisotopic (exact) mass is 1150 g/mol. The molecule has 0 unspecified atom stereocenters. The van der Waals surface area contributed by atoms with Gasteiger partial charge in [0, 0.05) is 106 Å². The second-order valence-corrected chi connectivity index (χ2v) is 19.5. The van der Waals surface area contributed by atoms with E-state index < -0.39 is 0 Å². The van der Waals surface area contributed by atoms with Crippen LogP contribution in [0.3, 0.4) is 0 Å².